The number of imidazole rings is 1. The molecule has 0 radical (unpaired) electrons. The molecule has 2 aromatic carbocycles. The van der Waals surface area contributed by atoms with Crippen molar-refractivity contribution in [3.63, 3.8) is 0 Å². The Morgan fingerprint density at radius 1 is 1.06 bits per heavy atom. The summed E-state index contributed by atoms with van der Waals surface area (Å²) in [6, 6.07) is 17.7. The number of aromatic nitrogens is 3. The number of nitrogens with one attached hydrogen (secondary N) is 1. The highest BCUT2D eigenvalue weighted by Gasteiger charge is 2.14. The first-order chi connectivity index (χ1) is 15.1. The average molecular weight is 418 g/mol. The van der Waals surface area contributed by atoms with E-state index in [2.05, 4.69) is 15.3 Å². The number of amides is 1. The van der Waals surface area contributed by atoms with Gasteiger partial charge in [-0.1, -0.05) is 24.3 Å². The highest BCUT2D eigenvalue weighted by molar-refractivity contribution is 5.76. The van der Waals surface area contributed by atoms with Gasteiger partial charge in [0.25, 0.3) is 0 Å². The molecule has 0 saturated carbocycles. The minimum Gasteiger partial charge on any atom is -0.497 e. The molecule has 1 N–H and O–H groups in total. The number of aryl methyl sites for hydroxylation is 1. The molecule has 1 amide bonds. The number of carbonyl (C=O) groups excluding carboxylic acids is 1. The van der Waals surface area contributed by atoms with E-state index in [-0.39, 0.29) is 11.7 Å². The van der Waals surface area contributed by atoms with E-state index in [1.54, 1.807) is 25.4 Å². The van der Waals surface area contributed by atoms with Crippen LogP contribution in [0.3, 0.4) is 0 Å². The number of fused-ring (bicyclic) bond motifs is 1. The summed E-state index contributed by atoms with van der Waals surface area (Å²) in [4.78, 5) is 21.5. The highest BCUT2D eigenvalue weighted by atomic mass is 19.1. The molecule has 0 fully saturated rings. The zero-order valence-electron chi connectivity index (χ0n) is 17.2. The first-order valence-electron chi connectivity index (χ1n) is 10.1. The Morgan fingerprint density at radius 2 is 1.81 bits per heavy atom. The Kier molecular flexibility index (Phi) is 6.21. The van der Waals surface area contributed by atoms with Crippen molar-refractivity contribution < 1.29 is 13.9 Å². The van der Waals surface area contributed by atoms with Crippen LogP contribution in [0.5, 0.6) is 5.75 Å². The fourth-order valence-electron chi connectivity index (χ4n) is 3.39. The van der Waals surface area contributed by atoms with E-state index >= 15 is 0 Å². The molecule has 6 nitrogen and oxygen atoms in total. The van der Waals surface area contributed by atoms with Gasteiger partial charge >= 0.3 is 0 Å². The molecule has 2 aromatic heterocycles. The smallest absolute Gasteiger partial charge is 0.220 e. The minimum atomic E-state index is -0.272. The van der Waals surface area contributed by atoms with Crippen LogP contribution in [0.2, 0.25) is 0 Å². The van der Waals surface area contributed by atoms with E-state index in [1.165, 1.54) is 12.1 Å². The first kappa shape index (κ1) is 20.5. The lowest BCUT2D eigenvalue weighted by Gasteiger charge is -2.10. The number of hydrogen-bond acceptors (Lipinski definition) is 4. The zero-order chi connectivity index (χ0) is 21.6. The molecular weight excluding hydrogens is 395 g/mol. The Bertz CT molecular complexity index is 1170. The zero-order valence-corrected chi connectivity index (χ0v) is 17.2. The third-order valence-electron chi connectivity index (χ3n) is 5.06. The van der Waals surface area contributed by atoms with Crippen LogP contribution in [0.25, 0.3) is 11.2 Å². The molecule has 4 rings (SSSR count). The fourth-order valence-corrected chi connectivity index (χ4v) is 3.39. The SMILES string of the molecule is COc1ccc(CNC(=O)CCc2nc3cccnc3n2Cc2ccc(F)cc2)cc1. The number of halogens is 1. The lowest BCUT2D eigenvalue weighted by Crippen LogP contribution is -2.23. The molecule has 31 heavy (non-hydrogen) atoms. The molecule has 0 atom stereocenters. The molecule has 4 aromatic rings. The fraction of sp³-hybridized carbons (Fsp3) is 0.208. The van der Waals surface area contributed by atoms with Gasteiger partial charge in [-0.05, 0) is 47.5 Å². The Hall–Kier alpha value is -3.74. The molecule has 7 heteroatoms. The first-order valence-corrected chi connectivity index (χ1v) is 10.1. The minimum absolute atomic E-state index is 0.0517. The van der Waals surface area contributed by atoms with Crippen LogP contribution in [0.4, 0.5) is 4.39 Å². The van der Waals surface area contributed by atoms with Crippen molar-refractivity contribution in [1.29, 1.82) is 0 Å². The second-order valence-corrected chi connectivity index (χ2v) is 7.21. The molecule has 0 spiro atoms. The van der Waals surface area contributed by atoms with Crippen molar-refractivity contribution in [2.45, 2.75) is 25.9 Å². The van der Waals surface area contributed by atoms with Crippen molar-refractivity contribution >= 4 is 17.1 Å². The Labute approximate surface area is 179 Å². The Morgan fingerprint density at radius 3 is 2.55 bits per heavy atom. The van der Waals surface area contributed by atoms with E-state index in [4.69, 9.17) is 4.74 Å². The predicted octanol–water partition coefficient (Wildman–Crippen LogP) is 3.88. The van der Waals surface area contributed by atoms with Crippen LogP contribution in [-0.2, 0) is 24.3 Å². The van der Waals surface area contributed by atoms with Crippen molar-refractivity contribution in [2.75, 3.05) is 7.11 Å². The van der Waals surface area contributed by atoms with Crippen LogP contribution in [0.15, 0.2) is 66.9 Å². The maximum atomic E-state index is 13.3. The number of benzene rings is 2. The van der Waals surface area contributed by atoms with E-state index in [0.29, 0.717) is 25.9 Å². The number of methoxy groups -OCH3 is 1. The largest absolute Gasteiger partial charge is 0.497 e. The second-order valence-electron chi connectivity index (χ2n) is 7.21. The van der Waals surface area contributed by atoms with Crippen LogP contribution in [0, 0.1) is 5.82 Å². The summed E-state index contributed by atoms with van der Waals surface area (Å²) >= 11 is 0. The Balaban J connectivity index is 1.43. The highest BCUT2D eigenvalue weighted by Crippen LogP contribution is 2.18. The van der Waals surface area contributed by atoms with Crippen molar-refractivity contribution in [2.24, 2.45) is 0 Å². The maximum Gasteiger partial charge on any atom is 0.220 e. The number of carbonyl (C=O) groups is 1. The third kappa shape index (κ3) is 5.06. The van der Waals surface area contributed by atoms with Crippen LogP contribution in [0.1, 0.15) is 23.4 Å². The molecule has 0 unspecified atom stereocenters. The molecule has 0 bridgehead atoms. The lowest BCUT2D eigenvalue weighted by molar-refractivity contribution is -0.121. The van der Waals surface area contributed by atoms with Gasteiger partial charge in [0.1, 0.15) is 22.9 Å². The molecule has 0 aliphatic rings. The molecule has 158 valence electrons. The normalized spacial score (nSPS) is 10.9. The van der Waals surface area contributed by atoms with Gasteiger partial charge in [-0.2, -0.15) is 0 Å². The molecule has 0 aliphatic carbocycles. The summed E-state index contributed by atoms with van der Waals surface area (Å²) in [6.45, 7) is 0.965. The molecule has 0 aliphatic heterocycles. The second kappa shape index (κ2) is 9.38. The lowest BCUT2D eigenvalue weighted by atomic mass is 10.2. The third-order valence-corrected chi connectivity index (χ3v) is 5.06. The van der Waals surface area contributed by atoms with Gasteiger partial charge in [-0.3, -0.25) is 4.79 Å². The quantitative estimate of drug-likeness (QED) is 0.472. The van der Waals surface area contributed by atoms with E-state index in [9.17, 15) is 9.18 Å². The number of ether oxygens (including phenoxy) is 1. The summed E-state index contributed by atoms with van der Waals surface area (Å²) in [6.07, 6.45) is 2.51. The maximum absolute atomic E-state index is 13.3. The number of pyridine rings is 1. The van der Waals surface area contributed by atoms with E-state index < -0.39 is 0 Å². The van der Waals surface area contributed by atoms with Crippen LogP contribution in [-0.4, -0.2) is 27.6 Å². The van der Waals surface area contributed by atoms with Gasteiger partial charge in [-0.25, -0.2) is 14.4 Å². The van der Waals surface area contributed by atoms with Crippen molar-refractivity contribution in [3.8, 4) is 5.75 Å². The number of rotatable bonds is 8. The monoisotopic (exact) mass is 418 g/mol. The van der Waals surface area contributed by atoms with Crippen molar-refractivity contribution in [1.82, 2.24) is 19.9 Å². The summed E-state index contributed by atoms with van der Waals surface area (Å²) in [5.41, 5.74) is 3.47. The average Bonchev–Trinajstić information content (AvgIpc) is 3.15. The molecule has 2 heterocycles. The number of nitrogens with zero attached hydrogens (tertiary/aromatic N) is 3. The van der Waals surface area contributed by atoms with Crippen LogP contribution >= 0.6 is 0 Å². The molecular formula is C24H23FN4O2. The van der Waals surface area contributed by atoms with Gasteiger partial charge in [0.2, 0.25) is 5.91 Å². The van der Waals surface area contributed by atoms with Gasteiger partial charge in [0, 0.05) is 25.6 Å². The predicted molar refractivity (Wildman–Crippen MR) is 116 cm³/mol. The van der Waals surface area contributed by atoms with E-state index in [0.717, 1.165) is 33.9 Å². The number of hydrogen-bond donors (Lipinski definition) is 1. The van der Waals surface area contributed by atoms with E-state index in [1.807, 2.05) is 41.0 Å². The van der Waals surface area contributed by atoms with Gasteiger partial charge < -0.3 is 14.6 Å². The van der Waals surface area contributed by atoms with Crippen LogP contribution < -0.4 is 10.1 Å². The van der Waals surface area contributed by atoms with Crippen molar-refractivity contribution in [3.05, 3.63) is 89.6 Å². The van der Waals surface area contributed by atoms with Gasteiger partial charge in [0.05, 0.1) is 13.7 Å². The summed E-state index contributed by atoms with van der Waals surface area (Å²) in [5, 5.41) is 2.94. The topological polar surface area (TPSA) is 69.0 Å². The molecule has 0 saturated heterocycles. The van der Waals surface area contributed by atoms with Gasteiger partial charge in [-0.15, -0.1) is 0 Å². The summed E-state index contributed by atoms with van der Waals surface area (Å²) in [7, 11) is 1.62. The summed E-state index contributed by atoms with van der Waals surface area (Å²) in [5.74, 6) is 1.23. The van der Waals surface area contributed by atoms with Gasteiger partial charge in [0.15, 0.2) is 5.65 Å². The standard InChI is InChI=1S/C24H23FN4O2/c1-31-20-10-6-17(7-11-20)15-27-23(30)13-12-22-28-21-3-2-14-26-24(21)29(22)16-18-4-8-19(25)9-5-18/h2-11,14H,12-13,15-16H2,1H3,(H,27,30). The summed E-state index contributed by atoms with van der Waals surface area (Å²) < 4.78 is 20.4.